The van der Waals surface area contributed by atoms with Crippen LogP contribution in [-0.4, -0.2) is 4.98 Å². The number of rotatable bonds is 6. The highest BCUT2D eigenvalue weighted by molar-refractivity contribution is 5.41. The average Bonchev–Trinajstić information content (AvgIpc) is 2.73. The highest BCUT2D eigenvalue weighted by atomic mass is 14.7. The number of hydrogen-bond donors (Lipinski definition) is 0. The molecule has 0 unspecified atom stereocenters. The van der Waals surface area contributed by atoms with E-state index in [0.717, 1.165) is 29.5 Å². The molecule has 2 aromatic rings. The van der Waals surface area contributed by atoms with Gasteiger partial charge in [-0.15, -0.1) is 0 Å². The first-order chi connectivity index (χ1) is 13.3. The predicted octanol–water partition coefficient (Wildman–Crippen LogP) is 6.90. The van der Waals surface area contributed by atoms with Crippen LogP contribution in [0.1, 0.15) is 93.5 Å². The van der Waals surface area contributed by atoms with Crippen molar-refractivity contribution in [3.8, 4) is 11.8 Å². The van der Waals surface area contributed by atoms with Gasteiger partial charge in [0.15, 0.2) is 0 Å². The summed E-state index contributed by atoms with van der Waals surface area (Å²) in [6, 6.07) is 13.1. The Kier molecular flexibility index (Phi) is 7.52. The van der Waals surface area contributed by atoms with Crippen LogP contribution in [0.15, 0.2) is 42.6 Å². The number of pyridine rings is 1. The Morgan fingerprint density at radius 3 is 2.30 bits per heavy atom. The molecule has 0 bridgehead atoms. The summed E-state index contributed by atoms with van der Waals surface area (Å²) in [5, 5.41) is 0. The molecule has 1 heteroatoms. The number of hydrogen-bond acceptors (Lipinski definition) is 1. The van der Waals surface area contributed by atoms with Gasteiger partial charge in [0.05, 0.1) is 0 Å². The molecule has 1 aliphatic rings. The lowest BCUT2D eigenvalue weighted by Gasteiger charge is -2.28. The molecule has 0 amide bonds. The van der Waals surface area contributed by atoms with E-state index in [1.165, 1.54) is 62.5 Å². The van der Waals surface area contributed by atoms with Gasteiger partial charge in [0.25, 0.3) is 0 Å². The molecule has 0 N–H and O–H groups in total. The van der Waals surface area contributed by atoms with E-state index in [1.807, 2.05) is 12.3 Å². The third kappa shape index (κ3) is 5.96. The first-order valence-corrected chi connectivity index (χ1v) is 10.9. The smallest absolute Gasteiger partial charge is 0.113 e. The maximum absolute atomic E-state index is 4.49. The Morgan fingerprint density at radius 1 is 0.889 bits per heavy atom. The second-order valence-electron chi connectivity index (χ2n) is 8.03. The monoisotopic (exact) mass is 359 g/mol. The van der Waals surface area contributed by atoms with Gasteiger partial charge < -0.3 is 0 Å². The summed E-state index contributed by atoms with van der Waals surface area (Å²) >= 11 is 0. The lowest BCUT2D eigenvalue weighted by Crippen LogP contribution is -2.13. The molecule has 1 fully saturated rings. The Bertz CT molecular complexity index is 738. The summed E-state index contributed by atoms with van der Waals surface area (Å²) < 4.78 is 0. The van der Waals surface area contributed by atoms with Gasteiger partial charge in [-0.3, -0.25) is 0 Å². The molecule has 1 aromatic heterocycles. The van der Waals surface area contributed by atoms with Crippen molar-refractivity contribution in [3.05, 3.63) is 65.0 Å². The normalized spacial score (nSPS) is 19.3. The first kappa shape index (κ1) is 19.7. The minimum Gasteiger partial charge on any atom is -0.248 e. The SMILES string of the molecule is CCCCc1ccc(C#Cc2ccc(C3CCC(CCC)CC3)cc2)nc1. The predicted molar refractivity (Wildman–Crippen MR) is 115 cm³/mol. The molecule has 0 spiro atoms. The number of aromatic nitrogens is 1. The van der Waals surface area contributed by atoms with Crippen molar-refractivity contribution in [3.63, 3.8) is 0 Å². The maximum atomic E-state index is 4.49. The minimum absolute atomic E-state index is 0.748. The number of unbranched alkanes of at least 4 members (excludes halogenated alkanes) is 1. The van der Waals surface area contributed by atoms with Gasteiger partial charge in [-0.05, 0) is 85.6 Å². The van der Waals surface area contributed by atoms with Gasteiger partial charge in [-0.1, -0.05) is 57.2 Å². The summed E-state index contributed by atoms with van der Waals surface area (Å²) in [5.74, 6) is 8.18. The van der Waals surface area contributed by atoms with E-state index in [1.54, 1.807) is 0 Å². The van der Waals surface area contributed by atoms with E-state index in [4.69, 9.17) is 0 Å². The molecule has 1 aromatic carbocycles. The van der Waals surface area contributed by atoms with Crippen molar-refractivity contribution >= 4 is 0 Å². The van der Waals surface area contributed by atoms with Crippen LogP contribution in [0.25, 0.3) is 0 Å². The Morgan fingerprint density at radius 2 is 1.67 bits per heavy atom. The fraction of sp³-hybridized carbons (Fsp3) is 0.500. The molecule has 0 atom stereocenters. The molecule has 1 aliphatic carbocycles. The van der Waals surface area contributed by atoms with E-state index in [0.29, 0.717) is 0 Å². The highest BCUT2D eigenvalue weighted by Gasteiger charge is 2.21. The van der Waals surface area contributed by atoms with Gasteiger partial charge in [-0.25, -0.2) is 4.98 Å². The Balaban J connectivity index is 1.56. The number of aryl methyl sites for hydroxylation is 1. The standard InChI is InChI=1S/C26H33N/c1-3-5-7-23-13-19-26(27-20-23)18-12-22-10-16-25(17-11-22)24-14-8-21(6-4-2)9-15-24/h10-11,13,16-17,19-21,24H,3-9,14-15H2,1-2H3. The summed E-state index contributed by atoms with van der Waals surface area (Å²) in [6.07, 6.45) is 13.8. The summed E-state index contributed by atoms with van der Waals surface area (Å²) in [6.45, 7) is 4.53. The second-order valence-corrected chi connectivity index (χ2v) is 8.03. The van der Waals surface area contributed by atoms with Gasteiger partial charge >= 0.3 is 0 Å². The minimum atomic E-state index is 0.748. The zero-order valence-corrected chi connectivity index (χ0v) is 17.0. The first-order valence-electron chi connectivity index (χ1n) is 10.9. The van der Waals surface area contributed by atoms with E-state index in [9.17, 15) is 0 Å². The topological polar surface area (TPSA) is 12.9 Å². The van der Waals surface area contributed by atoms with Crippen LogP contribution < -0.4 is 0 Å². The van der Waals surface area contributed by atoms with E-state index in [-0.39, 0.29) is 0 Å². The molecule has 0 aliphatic heterocycles. The largest absolute Gasteiger partial charge is 0.248 e. The average molecular weight is 360 g/mol. The quantitative estimate of drug-likeness (QED) is 0.511. The number of nitrogens with zero attached hydrogens (tertiary/aromatic N) is 1. The fourth-order valence-corrected chi connectivity index (χ4v) is 4.19. The molecule has 0 saturated heterocycles. The third-order valence-electron chi connectivity index (χ3n) is 5.90. The number of benzene rings is 1. The zero-order chi connectivity index (χ0) is 18.9. The van der Waals surface area contributed by atoms with E-state index < -0.39 is 0 Å². The van der Waals surface area contributed by atoms with E-state index >= 15 is 0 Å². The van der Waals surface area contributed by atoms with Crippen LogP contribution in [0.5, 0.6) is 0 Å². The van der Waals surface area contributed by atoms with Gasteiger partial charge in [0.1, 0.15) is 5.69 Å². The molecular formula is C26H33N. The Labute approximate surface area is 165 Å². The fourth-order valence-electron chi connectivity index (χ4n) is 4.19. The summed E-state index contributed by atoms with van der Waals surface area (Å²) in [7, 11) is 0. The van der Waals surface area contributed by atoms with Crippen molar-refractivity contribution in [2.75, 3.05) is 0 Å². The van der Waals surface area contributed by atoms with Crippen molar-refractivity contribution in [2.45, 2.75) is 77.6 Å². The van der Waals surface area contributed by atoms with Crippen LogP contribution in [0.4, 0.5) is 0 Å². The van der Waals surface area contributed by atoms with Crippen molar-refractivity contribution in [1.29, 1.82) is 0 Å². The summed E-state index contributed by atoms with van der Waals surface area (Å²) in [4.78, 5) is 4.49. The lowest BCUT2D eigenvalue weighted by atomic mass is 9.77. The molecule has 1 nitrogen and oxygen atoms in total. The highest BCUT2D eigenvalue weighted by Crippen LogP contribution is 2.37. The van der Waals surface area contributed by atoms with Gasteiger partial charge in [0.2, 0.25) is 0 Å². The molecule has 142 valence electrons. The summed E-state index contributed by atoms with van der Waals surface area (Å²) in [5.41, 5.74) is 4.73. The van der Waals surface area contributed by atoms with Crippen LogP contribution in [0, 0.1) is 17.8 Å². The molecule has 27 heavy (non-hydrogen) atoms. The van der Waals surface area contributed by atoms with Crippen LogP contribution in [0.3, 0.4) is 0 Å². The third-order valence-corrected chi connectivity index (χ3v) is 5.90. The molecule has 0 radical (unpaired) electrons. The lowest BCUT2D eigenvalue weighted by molar-refractivity contribution is 0.308. The van der Waals surface area contributed by atoms with Crippen LogP contribution >= 0.6 is 0 Å². The maximum Gasteiger partial charge on any atom is 0.113 e. The zero-order valence-electron chi connectivity index (χ0n) is 17.0. The Hall–Kier alpha value is -2.07. The van der Waals surface area contributed by atoms with Crippen LogP contribution in [-0.2, 0) is 6.42 Å². The van der Waals surface area contributed by atoms with Crippen molar-refractivity contribution in [1.82, 2.24) is 4.98 Å². The molecule has 1 saturated carbocycles. The molecule has 3 rings (SSSR count). The van der Waals surface area contributed by atoms with Gasteiger partial charge in [-0.2, -0.15) is 0 Å². The van der Waals surface area contributed by atoms with E-state index in [2.05, 4.69) is 61.0 Å². The van der Waals surface area contributed by atoms with Gasteiger partial charge in [0, 0.05) is 11.8 Å². The second kappa shape index (κ2) is 10.3. The van der Waals surface area contributed by atoms with Crippen molar-refractivity contribution < 1.29 is 0 Å². The van der Waals surface area contributed by atoms with Crippen LogP contribution in [0.2, 0.25) is 0 Å². The molecular weight excluding hydrogens is 326 g/mol. The molecule has 1 heterocycles. The van der Waals surface area contributed by atoms with Crippen molar-refractivity contribution in [2.24, 2.45) is 5.92 Å².